The number of nitrogens with zero attached hydrogens (tertiary/aromatic N) is 4. The fourth-order valence-electron chi connectivity index (χ4n) is 3.30. The molecule has 4 rings (SSSR count). The second-order valence-corrected chi connectivity index (χ2v) is 6.64. The molecule has 0 saturated carbocycles. The number of hydrogen-bond acceptors (Lipinski definition) is 5. The molecule has 0 atom stereocenters. The maximum Gasteiger partial charge on any atom is 0.298 e. The van der Waals surface area contributed by atoms with Crippen LogP contribution < -0.4 is 10.5 Å². The van der Waals surface area contributed by atoms with Crippen LogP contribution in [0, 0.1) is 11.7 Å². The number of halogens is 3. The Morgan fingerprint density at radius 3 is 2.70 bits per heavy atom. The fraction of sp³-hybridized carbons (Fsp3) is 0.389. The largest absolute Gasteiger partial charge is 0.423 e. The van der Waals surface area contributed by atoms with E-state index in [-0.39, 0.29) is 11.7 Å². The molecule has 3 heterocycles. The van der Waals surface area contributed by atoms with Gasteiger partial charge in [-0.1, -0.05) is 0 Å². The highest BCUT2D eigenvalue weighted by Crippen LogP contribution is 2.27. The third kappa shape index (κ3) is 3.67. The second kappa shape index (κ2) is 7.05. The summed E-state index contributed by atoms with van der Waals surface area (Å²) in [6.45, 7) is 1.79. The first-order valence-electron chi connectivity index (χ1n) is 8.65. The first-order valence-corrected chi connectivity index (χ1v) is 8.65. The summed E-state index contributed by atoms with van der Waals surface area (Å²) >= 11 is 0. The maximum absolute atomic E-state index is 13.3. The summed E-state index contributed by atoms with van der Waals surface area (Å²) in [5.41, 5.74) is 0.0383. The van der Waals surface area contributed by atoms with Crippen molar-refractivity contribution in [3.05, 3.63) is 52.5 Å². The SMILES string of the molecule is O=c1cc(C(F)F)ncn1CC1CCN(c2nc3ccc(F)cc3o2)CC1. The Bertz CT molecular complexity index is 1010. The Balaban J connectivity index is 1.40. The number of oxazole rings is 1. The number of rotatable bonds is 4. The highest BCUT2D eigenvalue weighted by Gasteiger charge is 2.23. The molecule has 1 aliphatic heterocycles. The lowest BCUT2D eigenvalue weighted by molar-refractivity contribution is 0.145. The molecule has 1 aliphatic rings. The van der Waals surface area contributed by atoms with Crippen molar-refractivity contribution >= 4 is 17.1 Å². The van der Waals surface area contributed by atoms with Crippen LogP contribution in [0.15, 0.2) is 39.8 Å². The smallest absolute Gasteiger partial charge is 0.298 e. The number of aromatic nitrogens is 3. The van der Waals surface area contributed by atoms with E-state index in [0.29, 0.717) is 36.7 Å². The number of fused-ring (bicyclic) bond motifs is 1. The van der Waals surface area contributed by atoms with E-state index in [1.54, 1.807) is 6.07 Å². The molecule has 1 aromatic carbocycles. The molecule has 0 unspecified atom stereocenters. The zero-order chi connectivity index (χ0) is 19.0. The van der Waals surface area contributed by atoms with E-state index in [9.17, 15) is 18.0 Å². The number of hydrogen-bond donors (Lipinski definition) is 0. The molecule has 0 bridgehead atoms. The standard InChI is InChI=1S/C18H17F3N4O2/c19-12-1-2-13-15(7-12)27-18(23-13)24-5-3-11(4-6-24)9-25-10-22-14(17(20)21)8-16(25)26/h1-2,7-8,10-11,17H,3-6,9H2. The van der Waals surface area contributed by atoms with Crippen molar-refractivity contribution in [3.8, 4) is 0 Å². The summed E-state index contributed by atoms with van der Waals surface area (Å²) < 4.78 is 45.5. The van der Waals surface area contributed by atoms with E-state index in [1.165, 1.54) is 23.0 Å². The third-order valence-corrected chi connectivity index (χ3v) is 4.80. The molecular weight excluding hydrogens is 361 g/mol. The molecular formula is C18H17F3N4O2. The first-order chi connectivity index (χ1) is 13.0. The monoisotopic (exact) mass is 378 g/mol. The summed E-state index contributed by atoms with van der Waals surface area (Å²) in [5.74, 6) is -0.152. The van der Waals surface area contributed by atoms with Crippen molar-refractivity contribution in [2.45, 2.75) is 25.8 Å². The van der Waals surface area contributed by atoms with Gasteiger partial charge in [-0.05, 0) is 30.9 Å². The predicted molar refractivity (Wildman–Crippen MR) is 92.4 cm³/mol. The average Bonchev–Trinajstić information content (AvgIpc) is 3.07. The van der Waals surface area contributed by atoms with Crippen LogP contribution in [0.4, 0.5) is 19.2 Å². The van der Waals surface area contributed by atoms with Crippen LogP contribution in [0.2, 0.25) is 0 Å². The van der Waals surface area contributed by atoms with Gasteiger partial charge in [-0.2, -0.15) is 4.98 Å². The van der Waals surface area contributed by atoms with Crippen LogP contribution in [0.5, 0.6) is 0 Å². The van der Waals surface area contributed by atoms with Crippen molar-refractivity contribution in [1.29, 1.82) is 0 Å². The zero-order valence-corrected chi connectivity index (χ0v) is 14.3. The molecule has 6 nitrogen and oxygen atoms in total. The van der Waals surface area contributed by atoms with Crippen LogP contribution in [0.25, 0.3) is 11.1 Å². The summed E-state index contributed by atoms with van der Waals surface area (Å²) in [5, 5.41) is 0. The van der Waals surface area contributed by atoms with Crippen LogP contribution in [0.3, 0.4) is 0 Å². The van der Waals surface area contributed by atoms with Crippen molar-refractivity contribution in [3.63, 3.8) is 0 Å². The van der Waals surface area contributed by atoms with Gasteiger partial charge in [0.1, 0.15) is 17.0 Å². The Kier molecular flexibility index (Phi) is 4.59. The van der Waals surface area contributed by atoms with E-state index in [0.717, 1.165) is 18.9 Å². The number of piperidine rings is 1. The van der Waals surface area contributed by atoms with Crippen molar-refractivity contribution in [2.24, 2.45) is 5.92 Å². The molecule has 142 valence electrons. The van der Waals surface area contributed by atoms with Gasteiger partial charge in [0.05, 0.1) is 6.33 Å². The number of benzene rings is 1. The fourth-order valence-corrected chi connectivity index (χ4v) is 3.30. The van der Waals surface area contributed by atoms with Gasteiger partial charge in [0, 0.05) is 31.8 Å². The van der Waals surface area contributed by atoms with Crippen LogP contribution in [0.1, 0.15) is 25.0 Å². The van der Waals surface area contributed by atoms with Crippen LogP contribution in [-0.4, -0.2) is 27.6 Å². The van der Waals surface area contributed by atoms with E-state index in [1.807, 2.05) is 4.90 Å². The van der Waals surface area contributed by atoms with Gasteiger partial charge < -0.3 is 9.32 Å². The quantitative estimate of drug-likeness (QED) is 0.696. The van der Waals surface area contributed by atoms with Gasteiger partial charge in [-0.15, -0.1) is 0 Å². The molecule has 3 aromatic rings. The third-order valence-electron chi connectivity index (χ3n) is 4.80. The minimum absolute atomic E-state index is 0.222. The predicted octanol–water partition coefficient (Wildman–Crippen LogP) is 3.38. The Morgan fingerprint density at radius 1 is 1.22 bits per heavy atom. The number of anilines is 1. The minimum Gasteiger partial charge on any atom is -0.423 e. The molecule has 1 saturated heterocycles. The van der Waals surface area contributed by atoms with Gasteiger partial charge >= 0.3 is 0 Å². The first kappa shape index (κ1) is 17.6. The summed E-state index contributed by atoms with van der Waals surface area (Å²) in [7, 11) is 0. The minimum atomic E-state index is -2.75. The van der Waals surface area contributed by atoms with Crippen LogP contribution >= 0.6 is 0 Å². The van der Waals surface area contributed by atoms with E-state index in [4.69, 9.17) is 4.42 Å². The average molecular weight is 378 g/mol. The van der Waals surface area contributed by atoms with Crippen molar-refractivity contribution < 1.29 is 17.6 Å². The maximum atomic E-state index is 13.3. The van der Waals surface area contributed by atoms with E-state index >= 15 is 0 Å². The van der Waals surface area contributed by atoms with Gasteiger partial charge in [-0.3, -0.25) is 9.36 Å². The normalized spacial score (nSPS) is 15.8. The summed E-state index contributed by atoms with van der Waals surface area (Å²) in [6, 6.07) is 5.56. The lowest BCUT2D eigenvalue weighted by Gasteiger charge is -2.31. The summed E-state index contributed by atoms with van der Waals surface area (Å²) in [4.78, 5) is 22.0. The van der Waals surface area contributed by atoms with Gasteiger partial charge in [0.2, 0.25) is 0 Å². The zero-order valence-electron chi connectivity index (χ0n) is 14.3. The molecule has 1 fully saturated rings. The highest BCUT2D eigenvalue weighted by atomic mass is 19.3. The Labute approximate surface area is 152 Å². The Hall–Kier alpha value is -2.84. The van der Waals surface area contributed by atoms with Crippen molar-refractivity contribution in [1.82, 2.24) is 14.5 Å². The molecule has 0 spiro atoms. The molecule has 27 heavy (non-hydrogen) atoms. The Morgan fingerprint density at radius 2 is 2.00 bits per heavy atom. The molecule has 2 aromatic heterocycles. The highest BCUT2D eigenvalue weighted by molar-refractivity contribution is 5.74. The lowest BCUT2D eigenvalue weighted by atomic mass is 9.97. The molecule has 0 radical (unpaired) electrons. The van der Waals surface area contributed by atoms with Crippen molar-refractivity contribution in [2.75, 3.05) is 18.0 Å². The van der Waals surface area contributed by atoms with Crippen LogP contribution in [-0.2, 0) is 6.54 Å². The molecule has 0 N–H and O–H groups in total. The van der Waals surface area contributed by atoms with Gasteiger partial charge in [0.25, 0.3) is 18.0 Å². The number of alkyl halides is 2. The molecule has 0 amide bonds. The second-order valence-electron chi connectivity index (χ2n) is 6.64. The van der Waals surface area contributed by atoms with E-state index < -0.39 is 17.7 Å². The summed E-state index contributed by atoms with van der Waals surface area (Å²) in [6.07, 6.45) is 0.0121. The molecule has 0 aliphatic carbocycles. The van der Waals surface area contributed by atoms with Gasteiger partial charge in [-0.25, -0.2) is 18.2 Å². The topological polar surface area (TPSA) is 64.2 Å². The van der Waals surface area contributed by atoms with E-state index in [2.05, 4.69) is 9.97 Å². The molecule has 9 heteroatoms. The van der Waals surface area contributed by atoms with Gasteiger partial charge in [0.15, 0.2) is 5.58 Å². The lowest BCUT2D eigenvalue weighted by Crippen LogP contribution is -2.36.